The molecule has 0 radical (unpaired) electrons. The van der Waals surface area contributed by atoms with Gasteiger partial charge in [-0.3, -0.25) is 4.79 Å². The van der Waals surface area contributed by atoms with Gasteiger partial charge >= 0.3 is 5.97 Å². The van der Waals surface area contributed by atoms with Gasteiger partial charge < -0.3 is 10.4 Å². The molecule has 0 unspecified atom stereocenters. The lowest BCUT2D eigenvalue weighted by molar-refractivity contribution is -0.140. The van der Waals surface area contributed by atoms with Crippen molar-refractivity contribution in [2.75, 3.05) is 6.54 Å². The molecule has 0 aromatic rings. The van der Waals surface area contributed by atoms with Gasteiger partial charge in [-0.1, -0.05) is 19.8 Å². The van der Waals surface area contributed by atoms with Crippen LogP contribution < -0.4 is 5.32 Å². The Labute approximate surface area is 79.5 Å². The summed E-state index contributed by atoms with van der Waals surface area (Å²) in [6.45, 7) is 3.08. The molecule has 2 atom stereocenters. The number of rotatable bonds is 4. The Morgan fingerprint density at radius 1 is 1.54 bits per heavy atom. The van der Waals surface area contributed by atoms with Crippen LogP contribution in [0.15, 0.2) is 0 Å². The lowest BCUT2D eigenvalue weighted by Gasteiger charge is -2.27. The number of nitrogens with one attached hydrogen (secondary N) is 1. The molecule has 0 spiro atoms. The van der Waals surface area contributed by atoms with Crippen molar-refractivity contribution < 1.29 is 9.90 Å². The maximum atomic E-state index is 10.6. The van der Waals surface area contributed by atoms with E-state index in [0.717, 1.165) is 19.4 Å². The van der Waals surface area contributed by atoms with Crippen LogP contribution in [-0.2, 0) is 4.79 Å². The Balaban J connectivity index is 2.18. The van der Waals surface area contributed by atoms with E-state index in [-0.39, 0.29) is 6.04 Å². The van der Waals surface area contributed by atoms with E-state index in [1.807, 2.05) is 0 Å². The molecule has 0 aromatic heterocycles. The third-order valence-corrected chi connectivity index (χ3v) is 2.78. The maximum Gasteiger partial charge on any atom is 0.320 e. The van der Waals surface area contributed by atoms with Crippen molar-refractivity contribution in [2.24, 2.45) is 5.92 Å². The molecule has 1 heterocycles. The molecule has 0 amide bonds. The molecular weight excluding hydrogens is 166 g/mol. The second-order valence-electron chi connectivity index (χ2n) is 3.88. The van der Waals surface area contributed by atoms with Crippen LogP contribution in [0.3, 0.4) is 0 Å². The number of hydrogen-bond donors (Lipinski definition) is 2. The van der Waals surface area contributed by atoms with Crippen molar-refractivity contribution in [2.45, 2.75) is 45.1 Å². The summed E-state index contributed by atoms with van der Waals surface area (Å²) in [5.74, 6) is 0.00416. The molecule has 76 valence electrons. The molecule has 0 saturated carbocycles. The molecule has 1 aliphatic heterocycles. The first-order valence-electron chi connectivity index (χ1n) is 5.20. The van der Waals surface area contributed by atoms with E-state index >= 15 is 0 Å². The highest BCUT2D eigenvalue weighted by Crippen LogP contribution is 2.19. The highest BCUT2D eigenvalue weighted by atomic mass is 16.4. The highest BCUT2D eigenvalue weighted by molar-refractivity contribution is 5.73. The van der Waals surface area contributed by atoms with Gasteiger partial charge in [0.05, 0.1) is 0 Å². The summed E-state index contributed by atoms with van der Waals surface area (Å²) in [6.07, 6.45) is 5.62. The molecule has 1 saturated heterocycles. The van der Waals surface area contributed by atoms with Gasteiger partial charge in [-0.25, -0.2) is 0 Å². The molecule has 1 aliphatic rings. The third-order valence-electron chi connectivity index (χ3n) is 2.78. The van der Waals surface area contributed by atoms with Gasteiger partial charge in [0.2, 0.25) is 0 Å². The molecule has 1 rings (SSSR count). The van der Waals surface area contributed by atoms with Gasteiger partial charge in [-0.15, -0.1) is 0 Å². The van der Waals surface area contributed by atoms with E-state index in [0.29, 0.717) is 5.92 Å². The van der Waals surface area contributed by atoms with E-state index < -0.39 is 5.97 Å². The lowest BCUT2D eigenvalue weighted by atomic mass is 9.91. The molecule has 0 aliphatic carbocycles. The number of carbonyl (C=O) groups is 1. The summed E-state index contributed by atoms with van der Waals surface area (Å²) in [5, 5.41) is 11.8. The molecule has 0 bridgehead atoms. The average molecular weight is 185 g/mol. The molecular formula is C10H19NO2. The largest absolute Gasteiger partial charge is 0.480 e. The van der Waals surface area contributed by atoms with Gasteiger partial charge in [0.15, 0.2) is 0 Å². The van der Waals surface area contributed by atoms with E-state index in [9.17, 15) is 4.79 Å². The third kappa shape index (κ3) is 3.35. The average Bonchev–Trinajstić information content (AvgIpc) is 2.15. The predicted molar refractivity (Wildman–Crippen MR) is 51.7 cm³/mol. The Kier molecular flexibility index (Phi) is 4.22. The van der Waals surface area contributed by atoms with Gasteiger partial charge in [0, 0.05) is 0 Å². The summed E-state index contributed by atoms with van der Waals surface area (Å²) >= 11 is 0. The molecule has 1 fully saturated rings. The van der Waals surface area contributed by atoms with Crippen LogP contribution in [0, 0.1) is 5.92 Å². The lowest BCUT2D eigenvalue weighted by Crippen LogP contribution is -2.43. The first-order chi connectivity index (χ1) is 6.24. The molecule has 13 heavy (non-hydrogen) atoms. The van der Waals surface area contributed by atoms with Crippen LogP contribution in [0.2, 0.25) is 0 Å². The van der Waals surface area contributed by atoms with Crippen molar-refractivity contribution in [1.29, 1.82) is 0 Å². The first-order valence-corrected chi connectivity index (χ1v) is 5.20. The fourth-order valence-corrected chi connectivity index (χ4v) is 1.87. The smallest absolute Gasteiger partial charge is 0.320 e. The second-order valence-corrected chi connectivity index (χ2v) is 3.88. The summed E-state index contributed by atoms with van der Waals surface area (Å²) in [7, 11) is 0. The van der Waals surface area contributed by atoms with Crippen molar-refractivity contribution in [3.05, 3.63) is 0 Å². The van der Waals surface area contributed by atoms with Crippen LogP contribution in [0.4, 0.5) is 0 Å². The zero-order valence-corrected chi connectivity index (χ0v) is 8.25. The van der Waals surface area contributed by atoms with E-state index in [2.05, 4.69) is 12.2 Å². The Morgan fingerprint density at radius 3 is 2.77 bits per heavy atom. The van der Waals surface area contributed by atoms with E-state index in [1.54, 1.807) is 0 Å². The number of unbranched alkanes of at least 4 members (excludes halogenated alkanes) is 1. The van der Waals surface area contributed by atoms with Gasteiger partial charge in [-0.2, -0.15) is 0 Å². The summed E-state index contributed by atoms with van der Waals surface area (Å²) in [5.41, 5.74) is 0. The normalized spacial score (nSPS) is 28.7. The Hall–Kier alpha value is -0.570. The molecule has 3 nitrogen and oxygen atoms in total. The Morgan fingerprint density at radius 2 is 2.31 bits per heavy atom. The quantitative estimate of drug-likeness (QED) is 0.700. The number of piperidine rings is 1. The van der Waals surface area contributed by atoms with Crippen molar-refractivity contribution in [3.63, 3.8) is 0 Å². The predicted octanol–water partition coefficient (Wildman–Crippen LogP) is 1.63. The number of carboxylic acid groups (broad SMARTS) is 1. The molecule has 3 heteroatoms. The highest BCUT2D eigenvalue weighted by Gasteiger charge is 2.24. The van der Waals surface area contributed by atoms with Gasteiger partial charge in [0.25, 0.3) is 0 Å². The van der Waals surface area contributed by atoms with Crippen LogP contribution in [0.5, 0.6) is 0 Å². The van der Waals surface area contributed by atoms with Crippen LogP contribution in [0.25, 0.3) is 0 Å². The monoisotopic (exact) mass is 185 g/mol. The van der Waals surface area contributed by atoms with Crippen LogP contribution in [0.1, 0.15) is 39.0 Å². The minimum atomic E-state index is -0.700. The molecule has 0 aromatic carbocycles. The van der Waals surface area contributed by atoms with Crippen molar-refractivity contribution in [3.8, 4) is 0 Å². The van der Waals surface area contributed by atoms with Gasteiger partial charge in [0.1, 0.15) is 6.04 Å². The van der Waals surface area contributed by atoms with E-state index in [1.165, 1.54) is 19.3 Å². The minimum absolute atomic E-state index is 0.294. The van der Waals surface area contributed by atoms with E-state index in [4.69, 9.17) is 5.11 Å². The summed E-state index contributed by atoms with van der Waals surface area (Å²) in [6, 6.07) is -0.294. The first kappa shape index (κ1) is 10.5. The number of hydrogen-bond acceptors (Lipinski definition) is 2. The topological polar surface area (TPSA) is 49.3 Å². The zero-order valence-electron chi connectivity index (χ0n) is 8.25. The van der Waals surface area contributed by atoms with Crippen molar-refractivity contribution in [1.82, 2.24) is 5.32 Å². The number of carboxylic acids is 1. The fourth-order valence-electron chi connectivity index (χ4n) is 1.87. The summed E-state index contributed by atoms with van der Waals surface area (Å²) in [4.78, 5) is 10.6. The van der Waals surface area contributed by atoms with Crippen molar-refractivity contribution >= 4 is 5.97 Å². The van der Waals surface area contributed by atoms with Gasteiger partial charge in [-0.05, 0) is 31.7 Å². The van der Waals surface area contributed by atoms with Crippen LogP contribution >= 0.6 is 0 Å². The minimum Gasteiger partial charge on any atom is -0.480 e. The Bertz CT molecular complexity index is 162. The molecule has 2 N–H and O–H groups in total. The standard InChI is InChI=1S/C10H19NO2/c1-2-3-4-8-5-6-9(10(12)13)11-7-8/h8-9,11H,2-7H2,1H3,(H,12,13)/t8-,9-/m0/s1. The zero-order chi connectivity index (χ0) is 9.68. The second kappa shape index (κ2) is 5.22. The summed E-state index contributed by atoms with van der Waals surface area (Å²) < 4.78 is 0. The SMILES string of the molecule is CCCC[C@H]1CC[C@@H](C(=O)O)NC1. The fraction of sp³-hybridized carbons (Fsp3) is 0.900. The van der Waals surface area contributed by atoms with Crippen LogP contribution in [-0.4, -0.2) is 23.7 Å². The maximum absolute atomic E-state index is 10.6. The number of aliphatic carboxylic acids is 1.